The Kier molecular flexibility index (Phi) is 56.0. The van der Waals surface area contributed by atoms with E-state index < -0.39 is 47.4 Å². The first kappa shape index (κ1) is 65.8. The molecule has 4 radical (unpaired) electrons. The molecule has 0 fully saturated rings. The second-order valence-corrected chi connectivity index (χ2v) is 7.75. The normalized spacial score (nSPS) is 10.4. The Labute approximate surface area is 235 Å². The Morgan fingerprint density at radius 1 is 0.265 bits per heavy atom. The number of halogens is 6. The third-order valence-electron chi connectivity index (χ3n) is 0. The fourth-order valence-electron chi connectivity index (χ4n) is 0. The predicted octanol–water partition coefficient (Wildman–Crippen LogP) is -7.30. The van der Waals surface area contributed by atoms with Crippen molar-refractivity contribution in [3.8, 4) is 0 Å². The Morgan fingerprint density at radius 2 is 0.265 bits per heavy atom. The number of rotatable bonds is 0. The zero-order valence-corrected chi connectivity index (χ0v) is 26.0. The first-order valence-electron chi connectivity index (χ1n) is 4.30. The van der Waals surface area contributed by atoms with Gasteiger partial charge in [-0.1, -0.05) is 0 Å². The second kappa shape index (κ2) is 29.0. The molecule has 0 saturated carbocycles. The van der Waals surface area contributed by atoms with Crippen LogP contribution >= 0.6 is 47.4 Å². The summed E-state index contributed by atoms with van der Waals surface area (Å²) in [6.07, 6.45) is 0. The van der Waals surface area contributed by atoms with Gasteiger partial charge < -0.3 is 86.1 Å². The van der Waals surface area contributed by atoms with E-state index in [-0.39, 0.29) is 77.9 Å². The standard InChI is InChI=1S/6FH2O3P.4Ru/c6*1-5(2,3)4;;;;/h6*(H2,2,3,4);;;;/q;;;;;;4*+3/p-12. The van der Waals surface area contributed by atoms with Gasteiger partial charge in [0.2, 0.25) is 0 Å². The average molecular weight is 992 g/mol. The summed E-state index contributed by atoms with van der Waals surface area (Å²) in [6, 6.07) is 0. The second-order valence-electron chi connectivity index (χ2n) is 2.58. The zero-order valence-electron chi connectivity index (χ0n) is 13.7. The van der Waals surface area contributed by atoms with Gasteiger partial charge in [0.05, 0.1) is 0 Å². The molecule has 0 saturated heterocycles. The molecule has 0 aromatic rings. The van der Waals surface area contributed by atoms with Gasteiger partial charge in [0.25, 0.3) is 0 Å². The molecule has 0 atom stereocenters. The molecule has 0 rings (SSSR count). The molecule has 34 heavy (non-hydrogen) atoms. The van der Waals surface area contributed by atoms with Crippen LogP contribution < -0.4 is 58.7 Å². The van der Waals surface area contributed by atoms with Crippen molar-refractivity contribution in [2.75, 3.05) is 0 Å². The van der Waals surface area contributed by atoms with Gasteiger partial charge in [-0.3, -0.25) is 0 Å². The molecule has 212 valence electrons. The first-order chi connectivity index (χ1) is 12.0. The monoisotopic (exact) mass is 995 g/mol. The van der Waals surface area contributed by atoms with Crippen LogP contribution in [-0.4, -0.2) is 0 Å². The van der Waals surface area contributed by atoms with E-state index in [1.165, 1.54) is 0 Å². The van der Waals surface area contributed by atoms with E-state index in [1.807, 2.05) is 0 Å². The maximum absolute atomic E-state index is 10.1. The van der Waals surface area contributed by atoms with Crippen molar-refractivity contribution in [2.24, 2.45) is 0 Å². The van der Waals surface area contributed by atoms with Crippen LogP contribution in [-0.2, 0) is 105 Å². The molecule has 0 aliphatic heterocycles. The van der Waals surface area contributed by atoms with Gasteiger partial charge in [-0.2, -0.15) is 0 Å². The van der Waals surface area contributed by atoms with Crippen molar-refractivity contribution < 1.29 is 189 Å². The van der Waals surface area contributed by atoms with Gasteiger partial charge >= 0.3 is 77.9 Å². The third kappa shape index (κ3) is 4570. The first-order valence-corrected chi connectivity index (χ1v) is 12.9. The van der Waals surface area contributed by atoms with Gasteiger partial charge in [-0.25, -0.2) is 25.2 Å². The van der Waals surface area contributed by atoms with Crippen molar-refractivity contribution in [1.82, 2.24) is 0 Å². The zero-order chi connectivity index (χ0) is 27.0. The summed E-state index contributed by atoms with van der Waals surface area (Å²) in [5, 5.41) is 0. The largest absolute Gasteiger partial charge is 3.00 e. The minimum Gasteiger partial charge on any atom is -0.786 e. The molecular weight excluding hydrogens is 992 g/mol. The topological polar surface area (TPSA) is 379 Å². The van der Waals surface area contributed by atoms with Crippen molar-refractivity contribution in [3.63, 3.8) is 0 Å². The molecule has 18 nitrogen and oxygen atoms in total. The summed E-state index contributed by atoms with van der Waals surface area (Å²) in [4.78, 5) is 101. The van der Waals surface area contributed by atoms with E-state index in [1.54, 1.807) is 0 Å². The minimum atomic E-state index is -5.64. The quantitative estimate of drug-likeness (QED) is 0.124. The van der Waals surface area contributed by atoms with E-state index in [0.717, 1.165) is 0 Å². The van der Waals surface area contributed by atoms with Crippen LogP contribution in [0.25, 0.3) is 0 Å². The van der Waals surface area contributed by atoms with Crippen LogP contribution in [0.4, 0.5) is 25.2 Å². The Balaban J connectivity index is -0.0000000248. The molecule has 0 aromatic heterocycles. The van der Waals surface area contributed by atoms with E-state index in [2.05, 4.69) is 0 Å². The summed E-state index contributed by atoms with van der Waals surface area (Å²) < 4.78 is 111. The van der Waals surface area contributed by atoms with Crippen LogP contribution in [0.3, 0.4) is 0 Å². The van der Waals surface area contributed by atoms with Crippen LogP contribution in [0.15, 0.2) is 0 Å². The van der Waals surface area contributed by atoms with Crippen molar-refractivity contribution >= 4 is 47.4 Å². The van der Waals surface area contributed by atoms with Gasteiger partial charge in [0.15, 0.2) is 0 Å². The molecule has 34 heteroatoms. The van der Waals surface area contributed by atoms with Crippen molar-refractivity contribution in [2.45, 2.75) is 0 Å². The fraction of sp³-hybridized carbons (Fsp3) is 0. The summed E-state index contributed by atoms with van der Waals surface area (Å²) in [6.45, 7) is 0. The molecule has 0 aliphatic rings. The smallest absolute Gasteiger partial charge is 0.786 e. The third-order valence-corrected chi connectivity index (χ3v) is 0. The molecule has 0 amide bonds. The van der Waals surface area contributed by atoms with Gasteiger partial charge in [-0.15, -0.1) is 0 Å². The van der Waals surface area contributed by atoms with Crippen LogP contribution in [0, 0.1) is 0 Å². The van der Waals surface area contributed by atoms with Crippen LogP contribution in [0.5, 0.6) is 0 Å². The molecule has 0 unspecified atom stereocenters. The average Bonchev–Trinajstić information content (AvgIpc) is 1.94. The fourth-order valence-corrected chi connectivity index (χ4v) is 0. The van der Waals surface area contributed by atoms with Crippen molar-refractivity contribution in [3.05, 3.63) is 0 Å². The molecular formula is F6O18P6Ru4. The Bertz CT molecular complexity index is 491. The summed E-state index contributed by atoms with van der Waals surface area (Å²) in [5.74, 6) is 0. The van der Waals surface area contributed by atoms with Gasteiger partial charge in [0, 0.05) is 0 Å². The molecule has 0 bridgehead atoms. The van der Waals surface area contributed by atoms with Gasteiger partial charge in [-0.05, 0) is 0 Å². The van der Waals surface area contributed by atoms with Crippen molar-refractivity contribution in [1.29, 1.82) is 0 Å². The van der Waals surface area contributed by atoms with E-state index in [0.29, 0.717) is 0 Å². The molecule has 0 N–H and O–H groups in total. The molecule has 0 heterocycles. The Morgan fingerprint density at radius 3 is 0.265 bits per heavy atom. The molecule has 0 aromatic carbocycles. The maximum Gasteiger partial charge on any atom is 3.00 e. The molecule has 0 spiro atoms. The number of hydrogen-bond acceptors (Lipinski definition) is 18. The van der Waals surface area contributed by atoms with Crippen LogP contribution in [0.1, 0.15) is 0 Å². The summed E-state index contributed by atoms with van der Waals surface area (Å²) in [7, 11) is -33.8. The summed E-state index contributed by atoms with van der Waals surface area (Å²) >= 11 is 0. The van der Waals surface area contributed by atoms with Gasteiger partial charge in [0.1, 0.15) is 47.4 Å². The Hall–Kier alpha value is 2.97. The van der Waals surface area contributed by atoms with E-state index >= 15 is 0 Å². The molecule has 0 aliphatic carbocycles. The van der Waals surface area contributed by atoms with Crippen LogP contribution in [0.2, 0.25) is 0 Å². The SMILES string of the molecule is O=P([O-])([O-])F.O=P([O-])([O-])F.O=P([O-])([O-])F.O=P([O-])([O-])F.O=P([O-])([O-])F.O=P([O-])([O-])F.[Ru+3].[Ru+3].[Ru+3].[Ru+3]. The minimum absolute atomic E-state index is 0. The van der Waals surface area contributed by atoms with E-state index in [4.69, 9.17) is 86.1 Å². The van der Waals surface area contributed by atoms with E-state index in [9.17, 15) is 25.2 Å². The summed E-state index contributed by atoms with van der Waals surface area (Å²) in [5.41, 5.74) is 0. The maximum atomic E-state index is 10.1. The number of hydrogen-bond donors (Lipinski definition) is 0. The predicted molar refractivity (Wildman–Crippen MR) is 52.3 cm³/mol.